The van der Waals surface area contributed by atoms with Crippen molar-refractivity contribution in [2.75, 3.05) is 5.88 Å². The van der Waals surface area contributed by atoms with Crippen LogP contribution in [0.4, 0.5) is 0 Å². The number of allylic oxidation sites excluding steroid dienone is 3. The van der Waals surface area contributed by atoms with Crippen LogP contribution in [0.5, 0.6) is 0 Å². The van der Waals surface area contributed by atoms with Gasteiger partial charge in [-0.1, -0.05) is 55.7 Å². The summed E-state index contributed by atoms with van der Waals surface area (Å²) in [4.78, 5) is 0.753. The molecule has 0 fully saturated rings. The predicted molar refractivity (Wildman–Crippen MR) is 69.3 cm³/mol. The van der Waals surface area contributed by atoms with E-state index in [-0.39, 0.29) is 0 Å². The van der Waals surface area contributed by atoms with E-state index in [4.69, 9.17) is 11.6 Å². The Kier molecular flexibility index (Phi) is 7.48. The minimum atomic E-state index is 0.371. The van der Waals surface area contributed by atoms with E-state index < -0.39 is 0 Å². The van der Waals surface area contributed by atoms with Crippen molar-refractivity contribution in [3.63, 3.8) is 0 Å². The summed E-state index contributed by atoms with van der Waals surface area (Å²) in [6.07, 6.45) is 3.04. The molecule has 76 valence electrons. The Bertz CT molecular complexity index is 199. The Morgan fingerprint density at radius 3 is 2.31 bits per heavy atom. The quantitative estimate of drug-likeness (QED) is 0.508. The summed E-state index contributed by atoms with van der Waals surface area (Å²) < 4.78 is 0. The van der Waals surface area contributed by atoms with E-state index in [1.807, 2.05) is 13.0 Å². The van der Waals surface area contributed by atoms with Crippen LogP contribution < -0.4 is 0 Å². The molecule has 0 aromatic heterocycles. The molecule has 2 unspecified atom stereocenters. The van der Waals surface area contributed by atoms with Gasteiger partial charge in [0.2, 0.25) is 0 Å². The molecule has 0 spiro atoms. The van der Waals surface area contributed by atoms with Gasteiger partial charge in [-0.15, -0.1) is 11.6 Å². The third-order valence-electron chi connectivity index (χ3n) is 1.84. The number of rotatable bonds is 5. The zero-order valence-electron chi connectivity index (χ0n) is 7.99. The van der Waals surface area contributed by atoms with Crippen molar-refractivity contribution in [2.45, 2.75) is 29.9 Å². The number of halogens is 3. The summed E-state index contributed by atoms with van der Waals surface area (Å²) in [5.41, 5.74) is 2.43. The summed E-state index contributed by atoms with van der Waals surface area (Å²) in [5.74, 6) is 0.577. The molecular formula is C10H15Br2Cl. The van der Waals surface area contributed by atoms with Gasteiger partial charge in [0, 0.05) is 15.5 Å². The highest BCUT2D eigenvalue weighted by Crippen LogP contribution is 2.24. The molecule has 0 rings (SSSR count). The van der Waals surface area contributed by atoms with Gasteiger partial charge in [0.1, 0.15) is 0 Å². The number of alkyl halides is 3. The fourth-order valence-electron chi connectivity index (χ4n) is 0.818. The van der Waals surface area contributed by atoms with Crippen LogP contribution in [-0.4, -0.2) is 15.5 Å². The molecule has 0 aromatic rings. The molecule has 3 heteroatoms. The second kappa shape index (κ2) is 7.08. The molecule has 13 heavy (non-hydrogen) atoms. The van der Waals surface area contributed by atoms with E-state index in [0.29, 0.717) is 15.5 Å². The van der Waals surface area contributed by atoms with Crippen molar-refractivity contribution in [1.82, 2.24) is 0 Å². The highest BCUT2D eigenvalue weighted by molar-refractivity contribution is 9.10. The van der Waals surface area contributed by atoms with Gasteiger partial charge in [-0.2, -0.15) is 0 Å². The standard InChI is InChI=1S/C10H15Br2Cl/c1-7(2)9(11)6-10(12)8(3)4-5-13/h4,9-10H,1,5-6H2,2-3H3. The molecule has 0 heterocycles. The fraction of sp³-hybridized carbons (Fsp3) is 0.600. The summed E-state index contributed by atoms with van der Waals surface area (Å²) >= 11 is 12.8. The van der Waals surface area contributed by atoms with E-state index in [9.17, 15) is 0 Å². The molecular weight excluding hydrogens is 315 g/mol. The first-order valence-corrected chi connectivity index (χ1v) is 6.51. The molecule has 0 aliphatic carbocycles. The maximum Gasteiger partial charge on any atom is 0.0407 e. The molecule has 0 radical (unpaired) electrons. The van der Waals surface area contributed by atoms with Gasteiger partial charge < -0.3 is 0 Å². The fourth-order valence-corrected chi connectivity index (χ4v) is 2.50. The van der Waals surface area contributed by atoms with E-state index in [2.05, 4.69) is 45.4 Å². The smallest absolute Gasteiger partial charge is 0.0407 e. The van der Waals surface area contributed by atoms with Crippen molar-refractivity contribution in [3.8, 4) is 0 Å². The van der Waals surface area contributed by atoms with E-state index >= 15 is 0 Å². The highest BCUT2D eigenvalue weighted by atomic mass is 79.9. The van der Waals surface area contributed by atoms with Gasteiger partial charge in [-0.3, -0.25) is 0 Å². The SMILES string of the molecule is C=C(C)C(Br)CC(Br)C(C)=CCCl. The molecule has 0 aromatic carbocycles. The Hall–Kier alpha value is 0.730. The van der Waals surface area contributed by atoms with Crippen LogP contribution >= 0.6 is 43.5 Å². The molecule has 0 saturated heterocycles. The van der Waals surface area contributed by atoms with E-state index in [0.717, 1.165) is 12.0 Å². The number of hydrogen-bond donors (Lipinski definition) is 0. The van der Waals surface area contributed by atoms with Crippen molar-refractivity contribution < 1.29 is 0 Å². The highest BCUT2D eigenvalue weighted by Gasteiger charge is 2.12. The summed E-state index contributed by atoms with van der Waals surface area (Å²) in [6.45, 7) is 8.01. The Morgan fingerprint density at radius 2 is 1.92 bits per heavy atom. The van der Waals surface area contributed by atoms with Crippen LogP contribution in [0.15, 0.2) is 23.8 Å². The Balaban J connectivity index is 4.06. The van der Waals surface area contributed by atoms with Gasteiger partial charge in [0.05, 0.1) is 0 Å². The summed E-state index contributed by atoms with van der Waals surface area (Å²) in [7, 11) is 0. The first-order valence-electron chi connectivity index (χ1n) is 4.15. The van der Waals surface area contributed by atoms with Gasteiger partial charge >= 0.3 is 0 Å². The van der Waals surface area contributed by atoms with Crippen molar-refractivity contribution in [3.05, 3.63) is 23.8 Å². The van der Waals surface area contributed by atoms with E-state index in [1.54, 1.807) is 0 Å². The minimum Gasteiger partial charge on any atom is -0.122 e. The molecule has 0 saturated carbocycles. The van der Waals surface area contributed by atoms with Crippen LogP contribution in [0.2, 0.25) is 0 Å². The minimum absolute atomic E-state index is 0.371. The predicted octanol–water partition coefficient (Wildman–Crippen LogP) is 4.66. The monoisotopic (exact) mass is 328 g/mol. The lowest BCUT2D eigenvalue weighted by Gasteiger charge is -2.15. The molecule has 2 atom stereocenters. The molecule has 0 nitrogen and oxygen atoms in total. The molecule has 0 bridgehead atoms. The second-order valence-corrected chi connectivity index (χ2v) is 5.64. The largest absolute Gasteiger partial charge is 0.122 e. The lowest BCUT2D eigenvalue weighted by Crippen LogP contribution is -2.09. The van der Waals surface area contributed by atoms with Crippen LogP contribution in [-0.2, 0) is 0 Å². The Labute approximate surface area is 103 Å². The van der Waals surface area contributed by atoms with Crippen LogP contribution in [0.25, 0.3) is 0 Å². The molecule has 0 amide bonds. The van der Waals surface area contributed by atoms with Crippen LogP contribution in [0.1, 0.15) is 20.3 Å². The van der Waals surface area contributed by atoms with Crippen molar-refractivity contribution >= 4 is 43.5 Å². The zero-order valence-corrected chi connectivity index (χ0v) is 11.9. The third kappa shape index (κ3) is 5.92. The third-order valence-corrected chi connectivity index (χ3v) is 4.25. The first-order chi connectivity index (χ1) is 5.99. The maximum absolute atomic E-state index is 5.61. The van der Waals surface area contributed by atoms with E-state index in [1.165, 1.54) is 5.57 Å². The maximum atomic E-state index is 5.61. The Morgan fingerprint density at radius 1 is 1.38 bits per heavy atom. The van der Waals surface area contributed by atoms with Gasteiger partial charge in [-0.05, 0) is 20.3 Å². The zero-order chi connectivity index (χ0) is 10.4. The summed E-state index contributed by atoms with van der Waals surface area (Å²) in [5, 5.41) is 0. The molecule has 0 aliphatic rings. The topological polar surface area (TPSA) is 0 Å². The second-order valence-electron chi connectivity index (χ2n) is 3.12. The lowest BCUT2D eigenvalue weighted by molar-refractivity contribution is 0.853. The van der Waals surface area contributed by atoms with Crippen molar-refractivity contribution in [1.29, 1.82) is 0 Å². The normalized spacial score (nSPS) is 16.8. The van der Waals surface area contributed by atoms with Crippen LogP contribution in [0, 0.1) is 0 Å². The van der Waals surface area contributed by atoms with Gasteiger partial charge in [-0.25, -0.2) is 0 Å². The first kappa shape index (κ1) is 13.7. The molecule has 0 N–H and O–H groups in total. The van der Waals surface area contributed by atoms with Gasteiger partial charge in [0.25, 0.3) is 0 Å². The van der Waals surface area contributed by atoms with Gasteiger partial charge in [0.15, 0.2) is 0 Å². The van der Waals surface area contributed by atoms with Crippen LogP contribution in [0.3, 0.4) is 0 Å². The number of hydrogen-bond acceptors (Lipinski definition) is 0. The molecule has 0 aliphatic heterocycles. The lowest BCUT2D eigenvalue weighted by atomic mass is 10.1. The average Bonchev–Trinajstić information content (AvgIpc) is 2.04. The van der Waals surface area contributed by atoms with Crippen molar-refractivity contribution in [2.24, 2.45) is 0 Å². The summed E-state index contributed by atoms with van der Waals surface area (Å²) in [6, 6.07) is 0. The average molecular weight is 330 g/mol.